The van der Waals surface area contributed by atoms with Crippen molar-refractivity contribution in [2.24, 2.45) is 5.92 Å². The number of thiazole rings is 1. The average Bonchev–Trinajstić information content (AvgIpc) is 3.15. The van der Waals surface area contributed by atoms with Crippen LogP contribution in [-0.4, -0.2) is 21.7 Å². The van der Waals surface area contributed by atoms with E-state index in [1.54, 1.807) is 28.9 Å². The van der Waals surface area contributed by atoms with Gasteiger partial charge in [-0.2, -0.15) is 0 Å². The minimum Gasteiger partial charge on any atom is -0.462 e. The number of nitrogens with zero attached hydrogens (tertiary/aromatic N) is 3. The van der Waals surface area contributed by atoms with Gasteiger partial charge in [-0.05, 0) is 18.1 Å². The number of hydrogen-bond acceptors (Lipinski definition) is 7. The summed E-state index contributed by atoms with van der Waals surface area (Å²) in [5.74, 6) is 1.36. The van der Waals surface area contributed by atoms with Gasteiger partial charge in [-0.1, -0.05) is 25.2 Å². The molecular weight excluding hydrogens is 292 g/mol. The Morgan fingerprint density at radius 1 is 1.25 bits per heavy atom. The lowest BCUT2D eigenvalue weighted by molar-refractivity contribution is 0.582. The van der Waals surface area contributed by atoms with Crippen LogP contribution < -0.4 is 5.32 Å². The highest BCUT2D eigenvalue weighted by Gasteiger charge is 2.12. The third-order valence-electron chi connectivity index (χ3n) is 2.53. The van der Waals surface area contributed by atoms with Crippen LogP contribution in [0.15, 0.2) is 29.0 Å². The molecule has 0 bridgehead atoms. The molecule has 7 heteroatoms. The largest absolute Gasteiger partial charge is 0.462 e. The molecule has 0 atom stereocenters. The topological polar surface area (TPSA) is 63.8 Å². The molecule has 0 aliphatic rings. The SMILES string of the molecule is CC(C)CNc1nnc(-c2cnc(-c3ccco3)s2)s1. The molecule has 0 amide bonds. The van der Waals surface area contributed by atoms with E-state index in [2.05, 4.69) is 34.3 Å². The van der Waals surface area contributed by atoms with Crippen LogP contribution in [0.4, 0.5) is 5.13 Å². The zero-order valence-corrected chi connectivity index (χ0v) is 12.8. The Morgan fingerprint density at radius 2 is 2.15 bits per heavy atom. The van der Waals surface area contributed by atoms with Crippen molar-refractivity contribution >= 4 is 27.8 Å². The first-order chi connectivity index (χ1) is 9.72. The normalized spacial score (nSPS) is 11.2. The molecule has 0 aliphatic heterocycles. The monoisotopic (exact) mass is 306 g/mol. The molecule has 0 saturated heterocycles. The predicted molar refractivity (Wildman–Crippen MR) is 82.0 cm³/mol. The molecule has 0 radical (unpaired) electrons. The van der Waals surface area contributed by atoms with Gasteiger partial charge in [0.25, 0.3) is 0 Å². The van der Waals surface area contributed by atoms with Crippen LogP contribution >= 0.6 is 22.7 Å². The van der Waals surface area contributed by atoms with Gasteiger partial charge in [0.15, 0.2) is 15.8 Å². The van der Waals surface area contributed by atoms with Crippen LogP contribution in [0.1, 0.15) is 13.8 Å². The summed E-state index contributed by atoms with van der Waals surface area (Å²) < 4.78 is 5.34. The summed E-state index contributed by atoms with van der Waals surface area (Å²) in [7, 11) is 0. The highest BCUT2D eigenvalue weighted by Crippen LogP contribution is 2.34. The number of aromatic nitrogens is 3. The van der Waals surface area contributed by atoms with E-state index in [-0.39, 0.29) is 0 Å². The van der Waals surface area contributed by atoms with Crippen molar-refractivity contribution in [3.8, 4) is 20.7 Å². The van der Waals surface area contributed by atoms with Crippen molar-refractivity contribution in [3.63, 3.8) is 0 Å². The van der Waals surface area contributed by atoms with E-state index in [1.807, 2.05) is 18.3 Å². The first kappa shape index (κ1) is 13.3. The second kappa shape index (κ2) is 5.72. The summed E-state index contributed by atoms with van der Waals surface area (Å²) >= 11 is 3.10. The van der Waals surface area contributed by atoms with Gasteiger partial charge in [-0.15, -0.1) is 21.5 Å². The van der Waals surface area contributed by atoms with Gasteiger partial charge in [-0.25, -0.2) is 4.98 Å². The first-order valence-electron chi connectivity index (χ1n) is 6.30. The van der Waals surface area contributed by atoms with E-state index >= 15 is 0 Å². The van der Waals surface area contributed by atoms with E-state index in [9.17, 15) is 0 Å². The first-order valence-corrected chi connectivity index (χ1v) is 7.93. The van der Waals surface area contributed by atoms with Gasteiger partial charge in [-0.3, -0.25) is 0 Å². The quantitative estimate of drug-likeness (QED) is 0.772. The zero-order chi connectivity index (χ0) is 13.9. The number of rotatable bonds is 5. The fourth-order valence-corrected chi connectivity index (χ4v) is 3.24. The van der Waals surface area contributed by atoms with Crippen LogP contribution in [-0.2, 0) is 0 Å². The van der Waals surface area contributed by atoms with Gasteiger partial charge >= 0.3 is 0 Å². The molecule has 1 N–H and O–H groups in total. The molecule has 0 fully saturated rings. The van der Waals surface area contributed by atoms with Crippen molar-refractivity contribution in [2.75, 3.05) is 11.9 Å². The molecule has 0 aromatic carbocycles. The summed E-state index contributed by atoms with van der Waals surface area (Å²) in [4.78, 5) is 5.37. The Morgan fingerprint density at radius 3 is 2.90 bits per heavy atom. The van der Waals surface area contributed by atoms with Crippen molar-refractivity contribution < 1.29 is 4.42 Å². The summed E-state index contributed by atoms with van der Waals surface area (Å²) in [6, 6.07) is 3.76. The van der Waals surface area contributed by atoms with Crippen molar-refractivity contribution in [3.05, 3.63) is 24.6 Å². The maximum Gasteiger partial charge on any atom is 0.206 e. The van der Waals surface area contributed by atoms with Crippen LogP contribution in [0, 0.1) is 5.92 Å². The number of hydrogen-bond donors (Lipinski definition) is 1. The number of anilines is 1. The van der Waals surface area contributed by atoms with Crippen LogP contribution in [0.3, 0.4) is 0 Å². The third-order valence-corrected chi connectivity index (χ3v) is 4.60. The van der Waals surface area contributed by atoms with Crippen LogP contribution in [0.25, 0.3) is 20.7 Å². The Hall–Kier alpha value is -1.73. The molecular formula is C13H14N4OS2. The van der Waals surface area contributed by atoms with Gasteiger partial charge in [0.1, 0.15) is 0 Å². The van der Waals surface area contributed by atoms with Crippen LogP contribution in [0.2, 0.25) is 0 Å². The van der Waals surface area contributed by atoms with Crippen molar-refractivity contribution in [2.45, 2.75) is 13.8 Å². The standard InChI is InChI=1S/C13H14N4OS2/c1-8(2)6-15-13-17-16-12(20-13)10-7-14-11(19-10)9-4-3-5-18-9/h3-5,7-8H,6H2,1-2H3,(H,15,17). The average molecular weight is 306 g/mol. The van der Waals surface area contributed by atoms with E-state index < -0.39 is 0 Å². The van der Waals surface area contributed by atoms with Gasteiger partial charge in [0.2, 0.25) is 5.13 Å². The van der Waals surface area contributed by atoms with Crippen molar-refractivity contribution in [1.29, 1.82) is 0 Å². The zero-order valence-electron chi connectivity index (χ0n) is 11.2. The second-order valence-corrected chi connectivity index (χ2v) is 6.70. The molecule has 104 valence electrons. The number of furan rings is 1. The molecule has 0 aliphatic carbocycles. The molecule has 20 heavy (non-hydrogen) atoms. The summed E-state index contributed by atoms with van der Waals surface area (Å²) in [5.41, 5.74) is 0. The second-order valence-electron chi connectivity index (χ2n) is 4.69. The minimum atomic E-state index is 0.580. The molecule has 3 aromatic rings. The maximum absolute atomic E-state index is 5.34. The molecule has 5 nitrogen and oxygen atoms in total. The minimum absolute atomic E-state index is 0.580. The predicted octanol–water partition coefficient (Wildman–Crippen LogP) is 3.99. The molecule has 0 unspecified atom stereocenters. The van der Waals surface area contributed by atoms with E-state index in [0.717, 1.165) is 32.3 Å². The van der Waals surface area contributed by atoms with E-state index in [0.29, 0.717) is 5.92 Å². The molecule has 0 saturated carbocycles. The lowest BCUT2D eigenvalue weighted by atomic mass is 10.2. The Bertz CT molecular complexity index is 672. The van der Waals surface area contributed by atoms with Gasteiger partial charge < -0.3 is 9.73 Å². The molecule has 3 heterocycles. The van der Waals surface area contributed by atoms with E-state index in [1.165, 1.54) is 0 Å². The molecule has 3 rings (SSSR count). The lowest BCUT2D eigenvalue weighted by Gasteiger charge is -2.03. The Labute approximate surface area is 124 Å². The van der Waals surface area contributed by atoms with Crippen molar-refractivity contribution in [1.82, 2.24) is 15.2 Å². The van der Waals surface area contributed by atoms with Crippen LogP contribution in [0.5, 0.6) is 0 Å². The smallest absolute Gasteiger partial charge is 0.206 e. The Balaban J connectivity index is 1.76. The fourth-order valence-electron chi connectivity index (χ4n) is 1.57. The summed E-state index contributed by atoms with van der Waals surface area (Å²) in [6.07, 6.45) is 3.46. The molecule has 0 spiro atoms. The fraction of sp³-hybridized carbons (Fsp3) is 0.308. The van der Waals surface area contributed by atoms with Gasteiger partial charge in [0, 0.05) is 12.7 Å². The maximum atomic E-state index is 5.34. The molecule has 3 aromatic heterocycles. The lowest BCUT2D eigenvalue weighted by Crippen LogP contribution is -2.07. The highest BCUT2D eigenvalue weighted by atomic mass is 32.1. The van der Waals surface area contributed by atoms with Gasteiger partial charge in [0.05, 0.1) is 11.1 Å². The summed E-state index contributed by atoms with van der Waals surface area (Å²) in [5, 5.41) is 14.2. The highest BCUT2D eigenvalue weighted by molar-refractivity contribution is 7.24. The summed E-state index contributed by atoms with van der Waals surface area (Å²) in [6.45, 7) is 5.22. The number of nitrogens with one attached hydrogen (secondary N) is 1. The Kier molecular flexibility index (Phi) is 3.79. The third kappa shape index (κ3) is 2.88. The van der Waals surface area contributed by atoms with E-state index in [4.69, 9.17) is 4.42 Å².